The molecule has 0 saturated heterocycles. The van der Waals surface area contributed by atoms with Gasteiger partial charge in [-0.15, -0.1) is 24.0 Å². The van der Waals surface area contributed by atoms with Crippen LogP contribution in [0.1, 0.15) is 37.0 Å². The van der Waals surface area contributed by atoms with E-state index in [9.17, 15) is 5.11 Å². The average Bonchev–Trinajstić information content (AvgIpc) is 3.00. The third-order valence-electron chi connectivity index (χ3n) is 3.60. The maximum Gasteiger partial charge on any atom is 0.192 e. The van der Waals surface area contributed by atoms with Gasteiger partial charge in [-0.25, -0.2) is 4.99 Å². The van der Waals surface area contributed by atoms with E-state index in [1.165, 1.54) is 7.11 Å². The van der Waals surface area contributed by atoms with Gasteiger partial charge in [0.25, 0.3) is 0 Å². The van der Waals surface area contributed by atoms with Crippen LogP contribution in [0.15, 0.2) is 39.7 Å². The van der Waals surface area contributed by atoms with Crippen molar-refractivity contribution in [3.05, 3.63) is 47.4 Å². The van der Waals surface area contributed by atoms with Crippen LogP contribution in [0.2, 0.25) is 0 Å². The fraction of sp³-hybridized carbons (Fsp3) is 0.389. The lowest BCUT2D eigenvalue weighted by atomic mass is 10.2. The van der Waals surface area contributed by atoms with Crippen LogP contribution in [0.5, 0.6) is 11.5 Å². The first-order chi connectivity index (χ1) is 11.5. The van der Waals surface area contributed by atoms with Crippen LogP contribution < -0.4 is 15.4 Å². The molecule has 0 bridgehead atoms. The predicted octanol–water partition coefficient (Wildman–Crippen LogP) is 3.74. The number of furan rings is 1. The Hall–Kier alpha value is -1.90. The van der Waals surface area contributed by atoms with Gasteiger partial charge in [-0.1, -0.05) is 12.1 Å². The second-order valence-electron chi connectivity index (χ2n) is 5.48. The summed E-state index contributed by atoms with van der Waals surface area (Å²) in [4.78, 5) is 4.53. The number of phenols is 1. The highest BCUT2D eigenvalue weighted by molar-refractivity contribution is 14.0. The van der Waals surface area contributed by atoms with Gasteiger partial charge in [0, 0.05) is 12.1 Å². The number of aromatic hydroxyl groups is 1. The molecule has 1 unspecified atom stereocenters. The van der Waals surface area contributed by atoms with E-state index in [1.54, 1.807) is 6.07 Å². The van der Waals surface area contributed by atoms with Crippen LogP contribution in [0, 0.1) is 6.92 Å². The molecule has 0 fully saturated rings. The van der Waals surface area contributed by atoms with Crippen molar-refractivity contribution in [1.29, 1.82) is 0 Å². The van der Waals surface area contributed by atoms with Gasteiger partial charge in [-0.05, 0) is 39.0 Å². The summed E-state index contributed by atoms with van der Waals surface area (Å²) in [7, 11) is 1.53. The Balaban J connectivity index is 0.00000312. The molecule has 6 nitrogen and oxygen atoms in total. The van der Waals surface area contributed by atoms with Crippen molar-refractivity contribution in [2.45, 2.75) is 33.4 Å². The quantitative estimate of drug-likeness (QED) is 0.349. The highest BCUT2D eigenvalue weighted by Gasteiger charge is 2.12. The molecule has 0 aliphatic carbocycles. The predicted molar refractivity (Wildman–Crippen MR) is 110 cm³/mol. The number of rotatable bonds is 6. The molecular weight excluding hydrogens is 433 g/mol. The Labute approximate surface area is 165 Å². The topological polar surface area (TPSA) is 79.0 Å². The third-order valence-corrected chi connectivity index (χ3v) is 3.60. The molecule has 0 spiro atoms. The molecule has 1 atom stereocenters. The van der Waals surface area contributed by atoms with Crippen molar-refractivity contribution >= 4 is 29.9 Å². The van der Waals surface area contributed by atoms with E-state index < -0.39 is 0 Å². The SMILES string of the molecule is CCNC(=NCc1cccc(OC)c1O)NC(C)c1ccc(C)o1.I. The van der Waals surface area contributed by atoms with E-state index in [-0.39, 0.29) is 35.8 Å². The molecule has 2 aromatic rings. The molecule has 0 amide bonds. The first-order valence-corrected chi connectivity index (χ1v) is 8.01. The fourth-order valence-electron chi connectivity index (χ4n) is 2.31. The molecule has 0 aliphatic heterocycles. The van der Waals surface area contributed by atoms with Crippen molar-refractivity contribution < 1.29 is 14.3 Å². The van der Waals surface area contributed by atoms with Gasteiger partial charge >= 0.3 is 0 Å². The number of ether oxygens (including phenoxy) is 1. The molecule has 0 aliphatic rings. The van der Waals surface area contributed by atoms with Gasteiger partial charge < -0.3 is 24.9 Å². The monoisotopic (exact) mass is 459 g/mol. The normalized spacial score (nSPS) is 12.2. The molecule has 2 rings (SSSR count). The maximum absolute atomic E-state index is 10.1. The van der Waals surface area contributed by atoms with E-state index in [0.29, 0.717) is 23.8 Å². The number of hydrogen-bond donors (Lipinski definition) is 3. The van der Waals surface area contributed by atoms with E-state index in [2.05, 4.69) is 15.6 Å². The first kappa shape index (κ1) is 21.1. The summed E-state index contributed by atoms with van der Waals surface area (Å²) in [5.74, 6) is 2.94. The first-order valence-electron chi connectivity index (χ1n) is 8.01. The Morgan fingerprint density at radius 2 is 2.08 bits per heavy atom. The summed E-state index contributed by atoms with van der Waals surface area (Å²) in [5.41, 5.74) is 0.702. The number of benzene rings is 1. The zero-order valence-corrected chi connectivity index (χ0v) is 17.3. The van der Waals surface area contributed by atoms with E-state index >= 15 is 0 Å². The number of nitrogens with one attached hydrogen (secondary N) is 2. The molecular formula is C18H26IN3O3. The highest BCUT2D eigenvalue weighted by atomic mass is 127. The summed E-state index contributed by atoms with van der Waals surface area (Å²) in [6.07, 6.45) is 0. The molecule has 138 valence electrons. The maximum atomic E-state index is 10.1. The van der Waals surface area contributed by atoms with Gasteiger partial charge in [0.15, 0.2) is 17.5 Å². The minimum Gasteiger partial charge on any atom is -0.504 e. The van der Waals surface area contributed by atoms with Crippen LogP contribution in [0.4, 0.5) is 0 Å². The molecule has 1 aromatic carbocycles. The van der Waals surface area contributed by atoms with Crippen LogP contribution in [0.3, 0.4) is 0 Å². The molecule has 3 N–H and O–H groups in total. The lowest BCUT2D eigenvalue weighted by Gasteiger charge is -2.16. The highest BCUT2D eigenvalue weighted by Crippen LogP contribution is 2.29. The standard InChI is InChI=1S/C18H25N3O3.HI/c1-5-19-18(21-13(3)15-10-9-12(2)24-15)20-11-14-7-6-8-16(23-4)17(14)22;/h6-10,13,22H,5,11H2,1-4H3,(H2,19,20,21);1H. The van der Waals surface area contributed by atoms with Crippen LogP contribution in [-0.2, 0) is 6.54 Å². The average molecular weight is 459 g/mol. The minimum atomic E-state index is -0.0181. The molecule has 7 heteroatoms. The van der Waals surface area contributed by atoms with Crippen molar-refractivity contribution in [2.24, 2.45) is 4.99 Å². The lowest BCUT2D eigenvalue weighted by molar-refractivity contribution is 0.370. The Morgan fingerprint density at radius 3 is 2.68 bits per heavy atom. The molecule has 25 heavy (non-hydrogen) atoms. The Kier molecular flexibility index (Phi) is 8.60. The number of aliphatic imine (C=N–C) groups is 1. The molecule has 0 saturated carbocycles. The number of hydrogen-bond acceptors (Lipinski definition) is 4. The summed E-state index contributed by atoms with van der Waals surface area (Å²) in [5, 5.41) is 16.6. The Bertz CT molecular complexity index is 701. The van der Waals surface area contributed by atoms with Crippen molar-refractivity contribution in [3.63, 3.8) is 0 Å². The van der Waals surface area contributed by atoms with Crippen LogP contribution >= 0.6 is 24.0 Å². The van der Waals surface area contributed by atoms with Gasteiger partial charge in [-0.2, -0.15) is 0 Å². The van der Waals surface area contributed by atoms with E-state index in [4.69, 9.17) is 9.15 Å². The third kappa shape index (κ3) is 5.84. The summed E-state index contributed by atoms with van der Waals surface area (Å²) < 4.78 is 10.8. The smallest absolute Gasteiger partial charge is 0.192 e. The van der Waals surface area contributed by atoms with Crippen molar-refractivity contribution in [1.82, 2.24) is 10.6 Å². The number of phenolic OH excluding ortho intramolecular Hbond substituents is 1. The van der Waals surface area contributed by atoms with Gasteiger partial charge in [0.2, 0.25) is 0 Å². The van der Waals surface area contributed by atoms with E-state index in [1.807, 2.05) is 45.0 Å². The lowest BCUT2D eigenvalue weighted by Crippen LogP contribution is -2.38. The number of para-hydroxylation sites is 1. The second-order valence-corrected chi connectivity index (χ2v) is 5.48. The zero-order valence-electron chi connectivity index (χ0n) is 15.0. The van der Waals surface area contributed by atoms with Gasteiger partial charge in [0.1, 0.15) is 11.5 Å². The second kappa shape index (κ2) is 10.2. The summed E-state index contributed by atoms with van der Waals surface area (Å²) >= 11 is 0. The van der Waals surface area contributed by atoms with Gasteiger partial charge in [0.05, 0.1) is 19.7 Å². The van der Waals surface area contributed by atoms with Crippen molar-refractivity contribution in [2.75, 3.05) is 13.7 Å². The minimum absolute atomic E-state index is 0. The molecule has 1 heterocycles. The Morgan fingerprint density at radius 1 is 1.32 bits per heavy atom. The van der Waals surface area contributed by atoms with Crippen LogP contribution in [-0.4, -0.2) is 24.7 Å². The number of guanidine groups is 1. The zero-order chi connectivity index (χ0) is 17.5. The summed E-state index contributed by atoms with van der Waals surface area (Å²) in [6, 6.07) is 9.24. The number of nitrogens with zero attached hydrogens (tertiary/aromatic N) is 1. The number of halogens is 1. The number of aryl methyl sites for hydroxylation is 1. The largest absolute Gasteiger partial charge is 0.504 e. The molecule has 1 aromatic heterocycles. The summed E-state index contributed by atoms with van der Waals surface area (Å²) in [6.45, 7) is 7.00. The molecule has 0 radical (unpaired) electrons. The van der Waals surface area contributed by atoms with Crippen LogP contribution in [0.25, 0.3) is 0 Å². The van der Waals surface area contributed by atoms with Gasteiger partial charge in [-0.3, -0.25) is 0 Å². The van der Waals surface area contributed by atoms with Crippen molar-refractivity contribution in [3.8, 4) is 11.5 Å². The van der Waals surface area contributed by atoms with E-state index in [0.717, 1.165) is 18.1 Å². The fourth-order valence-corrected chi connectivity index (χ4v) is 2.31. The number of methoxy groups -OCH3 is 1.